The largest absolute Gasteiger partial charge is 0.494 e. The van der Waals surface area contributed by atoms with Crippen LogP contribution < -0.4 is 10.2 Å². The second kappa shape index (κ2) is 12.2. The lowest BCUT2D eigenvalue weighted by molar-refractivity contribution is -0.118. The van der Waals surface area contributed by atoms with E-state index >= 15 is 0 Å². The number of carbonyl (C=O) groups excluding carboxylic acids is 1. The lowest BCUT2D eigenvalue weighted by Gasteiger charge is -2.11. The van der Waals surface area contributed by atoms with Gasteiger partial charge in [0.2, 0.25) is 0 Å². The van der Waals surface area contributed by atoms with Gasteiger partial charge in [-0.1, -0.05) is 51.4 Å². The summed E-state index contributed by atoms with van der Waals surface area (Å²) in [6.07, 6.45) is 0. The fourth-order valence-corrected chi connectivity index (χ4v) is 4.44. The molecule has 1 heterocycles. The van der Waals surface area contributed by atoms with Crippen molar-refractivity contribution in [2.75, 3.05) is 12.4 Å². The molecule has 7 nitrogen and oxygen atoms in total. The second-order valence-electron chi connectivity index (χ2n) is 7.60. The summed E-state index contributed by atoms with van der Waals surface area (Å²) < 4.78 is 8.46. The minimum Gasteiger partial charge on any atom is -0.494 e. The third-order valence-corrected chi connectivity index (χ3v) is 6.79. The fourth-order valence-electron chi connectivity index (χ4n) is 3.30. The van der Waals surface area contributed by atoms with E-state index in [9.17, 15) is 4.79 Å². The van der Waals surface area contributed by atoms with Gasteiger partial charge in [0.05, 0.1) is 18.1 Å². The molecule has 0 aliphatic heterocycles. The van der Waals surface area contributed by atoms with E-state index in [1.165, 1.54) is 11.8 Å². The van der Waals surface area contributed by atoms with Crippen LogP contribution in [0.4, 0.5) is 0 Å². The first-order chi connectivity index (χ1) is 17.4. The Bertz CT molecular complexity index is 1360. The summed E-state index contributed by atoms with van der Waals surface area (Å²) in [4.78, 5) is 12.5. The van der Waals surface area contributed by atoms with Crippen LogP contribution in [0.25, 0.3) is 17.1 Å². The van der Waals surface area contributed by atoms with Gasteiger partial charge >= 0.3 is 0 Å². The number of thioether (sulfide) groups is 1. The molecule has 10 heteroatoms. The highest BCUT2D eigenvalue weighted by Gasteiger charge is 2.17. The Labute approximate surface area is 227 Å². The van der Waals surface area contributed by atoms with Gasteiger partial charge in [0, 0.05) is 20.7 Å². The summed E-state index contributed by atoms with van der Waals surface area (Å²) in [6.45, 7) is 4.37. The maximum atomic E-state index is 12.5. The lowest BCUT2D eigenvalue weighted by atomic mass is 10.1. The molecule has 0 bridgehead atoms. The van der Waals surface area contributed by atoms with Gasteiger partial charge < -0.3 is 4.74 Å². The second-order valence-corrected chi connectivity index (χ2v) is 9.90. The van der Waals surface area contributed by atoms with Crippen LogP contribution in [0.15, 0.2) is 87.5 Å². The van der Waals surface area contributed by atoms with Crippen LogP contribution in [0.1, 0.15) is 19.4 Å². The van der Waals surface area contributed by atoms with Gasteiger partial charge in [0.25, 0.3) is 5.91 Å². The highest BCUT2D eigenvalue weighted by atomic mass is 79.9. The van der Waals surface area contributed by atoms with Crippen molar-refractivity contribution in [3.63, 3.8) is 0 Å². The number of hydrogen-bond acceptors (Lipinski definition) is 6. The van der Waals surface area contributed by atoms with Crippen molar-refractivity contribution in [2.24, 2.45) is 5.10 Å². The molecule has 0 aliphatic rings. The SMILES string of the molecule is CCOc1ccc(-n2c(SCC(=O)NN=C(C)c3ccc(Br)cc3)nnc2-c2ccc(Cl)cc2)cc1. The zero-order chi connectivity index (χ0) is 25.5. The molecule has 0 saturated heterocycles. The summed E-state index contributed by atoms with van der Waals surface area (Å²) in [7, 11) is 0. The third kappa shape index (κ3) is 6.54. The number of hydrogen-bond donors (Lipinski definition) is 1. The van der Waals surface area contributed by atoms with Crippen molar-refractivity contribution in [1.82, 2.24) is 20.2 Å². The summed E-state index contributed by atoms with van der Waals surface area (Å²) in [6, 6.07) is 22.8. The smallest absolute Gasteiger partial charge is 0.250 e. The molecule has 0 aliphatic carbocycles. The molecule has 1 aromatic heterocycles. The molecule has 0 unspecified atom stereocenters. The molecular weight excluding hydrogens is 562 g/mol. The van der Waals surface area contributed by atoms with Crippen LogP contribution in [0, 0.1) is 0 Å². The fraction of sp³-hybridized carbons (Fsp3) is 0.154. The Balaban J connectivity index is 1.53. The highest BCUT2D eigenvalue weighted by molar-refractivity contribution is 9.10. The van der Waals surface area contributed by atoms with E-state index in [-0.39, 0.29) is 11.7 Å². The monoisotopic (exact) mass is 583 g/mol. The van der Waals surface area contributed by atoms with E-state index in [0.29, 0.717) is 28.3 Å². The number of amides is 1. The molecule has 0 fully saturated rings. The number of nitrogens with zero attached hydrogens (tertiary/aromatic N) is 4. The number of nitrogens with one attached hydrogen (secondary N) is 1. The summed E-state index contributed by atoms with van der Waals surface area (Å²) in [5, 5.41) is 14.2. The number of carbonyl (C=O) groups is 1. The molecule has 1 N–H and O–H groups in total. The number of benzene rings is 3. The van der Waals surface area contributed by atoms with Crippen molar-refractivity contribution in [3.05, 3.63) is 87.9 Å². The number of aromatic nitrogens is 3. The van der Waals surface area contributed by atoms with Crippen molar-refractivity contribution >= 4 is 50.9 Å². The Morgan fingerprint density at radius 1 is 1.06 bits per heavy atom. The van der Waals surface area contributed by atoms with E-state index in [1.54, 1.807) is 12.1 Å². The van der Waals surface area contributed by atoms with Crippen LogP contribution in [-0.2, 0) is 4.79 Å². The normalized spacial score (nSPS) is 11.4. The average molecular weight is 585 g/mol. The summed E-state index contributed by atoms with van der Waals surface area (Å²) in [5.41, 5.74) is 5.96. The molecule has 0 saturated carbocycles. The van der Waals surface area contributed by atoms with Gasteiger partial charge in [0.1, 0.15) is 5.75 Å². The van der Waals surface area contributed by atoms with Gasteiger partial charge in [0.15, 0.2) is 11.0 Å². The van der Waals surface area contributed by atoms with Crippen molar-refractivity contribution in [3.8, 4) is 22.8 Å². The third-order valence-electron chi connectivity index (χ3n) is 5.08. The first kappa shape index (κ1) is 25.9. The van der Waals surface area contributed by atoms with E-state index < -0.39 is 0 Å². The predicted octanol–water partition coefficient (Wildman–Crippen LogP) is 6.38. The molecule has 0 radical (unpaired) electrons. The van der Waals surface area contributed by atoms with Crippen LogP contribution in [0.2, 0.25) is 5.02 Å². The van der Waals surface area contributed by atoms with Crippen LogP contribution in [-0.4, -0.2) is 38.7 Å². The number of rotatable bonds is 9. The van der Waals surface area contributed by atoms with E-state index in [0.717, 1.165) is 27.0 Å². The molecule has 0 spiro atoms. The molecule has 4 rings (SSSR count). The Hall–Kier alpha value is -3.14. The summed E-state index contributed by atoms with van der Waals surface area (Å²) in [5.74, 6) is 1.29. The van der Waals surface area contributed by atoms with Gasteiger partial charge in [-0.25, -0.2) is 5.43 Å². The standard InChI is InChI=1S/C26H23BrClN5O2S/c1-3-35-23-14-12-22(13-15-23)33-25(19-6-10-21(28)11-7-19)31-32-26(33)36-16-24(34)30-29-17(2)18-4-8-20(27)9-5-18/h4-15H,3,16H2,1-2H3,(H,30,34). The molecule has 0 atom stereocenters. The van der Waals surface area contributed by atoms with Crippen LogP contribution >= 0.6 is 39.3 Å². The summed E-state index contributed by atoms with van der Waals surface area (Å²) >= 11 is 10.8. The van der Waals surface area contributed by atoms with E-state index in [1.807, 2.05) is 79.1 Å². The van der Waals surface area contributed by atoms with Gasteiger partial charge in [-0.05, 0) is 80.1 Å². The van der Waals surface area contributed by atoms with Crippen LogP contribution in [0.5, 0.6) is 5.75 Å². The number of ether oxygens (including phenoxy) is 1. The quantitative estimate of drug-likeness (QED) is 0.140. The Kier molecular flexibility index (Phi) is 8.79. The average Bonchev–Trinajstić information content (AvgIpc) is 3.31. The van der Waals surface area contributed by atoms with E-state index in [2.05, 4.69) is 36.7 Å². The Morgan fingerprint density at radius 3 is 2.42 bits per heavy atom. The first-order valence-corrected chi connectivity index (χ1v) is 13.3. The topological polar surface area (TPSA) is 81.4 Å². The number of hydrazone groups is 1. The van der Waals surface area contributed by atoms with Gasteiger partial charge in [-0.2, -0.15) is 5.10 Å². The number of halogens is 2. The van der Waals surface area contributed by atoms with E-state index in [4.69, 9.17) is 16.3 Å². The molecule has 36 heavy (non-hydrogen) atoms. The molecule has 4 aromatic rings. The predicted molar refractivity (Wildman–Crippen MR) is 148 cm³/mol. The van der Waals surface area contributed by atoms with Crippen LogP contribution in [0.3, 0.4) is 0 Å². The Morgan fingerprint density at radius 2 is 1.75 bits per heavy atom. The zero-order valence-corrected chi connectivity index (χ0v) is 22.8. The first-order valence-electron chi connectivity index (χ1n) is 11.1. The zero-order valence-electron chi connectivity index (χ0n) is 19.6. The molecule has 3 aromatic carbocycles. The minimum atomic E-state index is -0.245. The lowest BCUT2D eigenvalue weighted by Crippen LogP contribution is -2.21. The van der Waals surface area contributed by atoms with Crippen molar-refractivity contribution in [2.45, 2.75) is 19.0 Å². The van der Waals surface area contributed by atoms with Gasteiger partial charge in [-0.15, -0.1) is 10.2 Å². The molecular formula is C26H23BrClN5O2S. The molecule has 184 valence electrons. The minimum absolute atomic E-state index is 0.118. The molecule has 1 amide bonds. The maximum Gasteiger partial charge on any atom is 0.250 e. The van der Waals surface area contributed by atoms with Gasteiger partial charge in [-0.3, -0.25) is 9.36 Å². The van der Waals surface area contributed by atoms with Crippen molar-refractivity contribution < 1.29 is 9.53 Å². The van der Waals surface area contributed by atoms with Crippen molar-refractivity contribution in [1.29, 1.82) is 0 Å². The highest BCUT2D eigenvalue weighted by Crippen LogP contribution is 2.29. The maximum absolute atomic E-state index is 12.5.